The number of hydrogen-bond acceptors (Lipinski definition) is 4. The SMILES string of the molecule is O=C(O)c1ccccc1-n1cc(CNC2CCOCC2)cn1. The number of nitrogens with zero attached hydrogens (tertiary/aromatic N) is 2. The van der Waals surface area contributed by atoms with Crippen LogP contribution in [-0.2, 0) is 11.3 Å². The first-order valence-electron chi connectivity index (χ1n) is 7.41. The summed E-state index contributed by atoms with van der Waals surface area (Å²) in [7, 11) is 0. The Balaban J connectivity index is 1.69. The maximum atomic E-state index is 11.3. The van der Waals surface area contributed by atoms with Crippen LogP contribution in [0.5, 0.6) is 0 Å². The van der Waals surface area contributed by atoms with Crippen LogP contribution in [0.3, 0.4) is 0 Å². The van der Waals surface area contributed by atoms with Gasteiger partial charge in [0.05, 0.1) is 17.4 Å². The quantitative estimate of drug-likeness (QED) is 0.881. The molecular weight excluding hydrogens is 282 g/mol. The third-order valence-electron chi connectivity index (χ3n) is 3.83. The number of ether oxygens (including phenoxy) is 1. The highest BCUT2D eigenvalue weighted by Gasteiger charge is 2.14. The Hall–Kier alpha value is -2.18. The molecular formula is C16H19N3O3. The molecule has 6 nitrogen and oxygen atoms in total. The molecule has 1 saturated heterocycles. The van der Waals surface area contributed by atoms with Crippen LogP contribution < -0.4 is 5.32 Å². The number of nitrogens with one attached hydrogen (secondary N) is 1. The van der Waals surface area contributed by atoms with Gasteiger partial charge in [-0.2, -0.15) is 5.10 Å². The van der Waals surface area contributed by atoms with Gasteiger partial charge in [0.2, 0.25) is 0 Å². The van der Waals surface area contributed by atoms with Gasteiger partial charge in [0, 0.05) is 37.6 Å². The van der Waals surface area contributed by atoms with Gasteiger partial charge in [-0.15, -0.1) is 0 Å². The van der Waals surface area contributed by atoms with Crippen LogP contribution in [0, 0.1) is 0 Å². The highest BCUT2D eigenvalue weighted by Crippen LogP contribution is 2.15. The molecule has 6 heteroatoms. The van der Waals surface area contributed by atoms with Gasteiger partial charge < -0.3 is 15.2 Å². The van der Waals surface area contributed by atoms with Gasteiger partial charge >= 0.3 is 5.97 Å². The van der Waals surface area contributed by atoms with Crippen LogP contribution in [0.15, 0.2) is 36.7 Å². The van der Waals surface area contributed by atoms with Crippen LogP contribution in [-0.4, -0.2) is 40.1 Å². The number of aromatic nitrogens is 2. The predicted molar refractivity (Wildman–Crippen MR) is 81.2 cm³/mol. The predicted octanol–water partition coefficient (Wildman–Crippen LogP) is 1.84. The number of aromatic carboxylic acids is 1. The molecule has 0 amide bonds. The molecule has 116 valence electrons. The van der Waals surface area contributed by atoms with Gasteiger partial charge in [-0.1, -0.05) is 12.1 Å². The Bertz CT molecular complexity index is 648. The molecule has 0 radical (unpaired) electrons. The van der Waals surface area contributed by atoms with E-state index in [1.54, 1.807) is 29.1 Å². The minimum atomic E-state index is -0.951. The van der Waals surface area contributed by atoms with E-state index in [2.05, 4.69) is 10.4 Å². The molecule has 1 aromatic carbocycles. The minimum Gasteiger partial charge on any atom is -0.478 e. The molecule has 1 aliphatic rings. The Morgan fingerprint density at radius 3 is 2.91 bits per heavy atom. The summed E-state index contributed by atoms with van der Waals surface area (Å²) in [6, 6.07) is 7.34. The van der Waals surface area contributed by atoms with Gasteiger partial charge in [0.25, 0.3) is 0 Å². The molecule has 22 heavy (non-hydrogen) atoms. The van der Waals surface area contributed by atoms with E-state index in [9.17, 15) is 9.90 Å². The molecule has 1 aromatic heterocycles. The third kappa shape index (κ3) is 3.35. The average molecular weight is 301 g/mol. The third-order valence-corrected chi connectivity index (χ3v) is 3.83. The molecule has 0 atom stereocenters. The molecule has 0 bridgehead atoms. The molecule has 1 aliphatic heterocycles. The molecule has 0 aliphatic carbocycles. The topological polar surface area (TPSA) is 76.4 Å². The fourth-order valence-corrected chi connectivity index (χ4v) is 2.60. The summed E-state index contributed by atoms with van der Waals surface area (Å²) in [5, 5.41) is 17.0. The maximum absolute atomic E-state index is 11.3. The first-order valence-corrected chi connectivity index (χ1v) is 7.41. The van der Waals surface area contributed by atoms with Crippen LogP contribution in [0.2, 0.25) is 0 Å². The van der Waals surface area contributed by atoms with Gasteiger partial charge in [0.1, 0.15) is 0 Å². The van der Waals surface area contributed by atoms with Crippen molar-refractivity contribution < 1.29 is 14.6 Å². The molecule has 0 saturated carbocycles. The van der Waals surface area contributed by atoms with Crippen LogP contribution in [0.4, 0.5) is 0 Å². The molecule has 1 fully saturated rings. The van der Waals surface area contributed by atoms with Gasteiger partial charge in [-0.05, 0) is 25.0 Å². The fraction of sp³-hybridized carbons (Fsp3) is 0.375. The zero-order chi connectivity index (χ0) is 15.4. The molecule has 0 unspecified atom stereocenters. The number of rotatable bonds is 5. The molecule has 2 N–H and O–H groups in total. The van der Waals surface area contributed by atoms with E-state index in [0.29, 0.717) is 11.7 Å². The van der Waals surface area contributed by atoms with Crippen molar-refractivity contribution in [3.05, 3.63) is 47.8 Å². The van der Waals surface area contributed by atoms with Crippen molar-refractivity contribution in [1.82, 2.24) is 15.1 Å². The van der Waals surface area contributed by atoms with Crippen molar-refractivity contribution >= 4 is 5.97 Å². The molecule has 3 rings (SSSR count). The normalized spacial score (nSPS) is 15.8. The van der Waals surface area contributed by atoms with E-state index in [-0.39, 0.29) is 5.56 Å². The summed E-state index contributed by atoms with van der Waals surface area (Å²) in [6.45, 7) is 2.34. The smallest absolute Gasteiger partial charge is 0.337 e. The lowest BCUT2D eigenvalue weighted by Crippen LogP contribution is -2.34. The number of hydrogen-bond donors (Lipinski definition) is 2. The molecule has 2 aromatic rings. The Morgan fingerprint density at radius 1 is 1.36 bits per heavy atom. The maximum Gasteiger partial charge on any atom is 0.337 e. The van der Waals surface area contributed by atoms with E-state index in [4.69, 9.17) is 4.74 Å². The monoisotopic (exact) mass is 301 g/mol. The van der Waals surface area contributed by atoms with Gasteiger partial charge in [0.15, 0.2) is 0 Å². The van der Waals surface area contributed by atoms with Crippen molar-refractivity contribution in [2.45, 2.75) is 25.4 Å². The van der Waals surface area contributed by atoms with E-state index < -0.39 is 5.97 Å². The van der Waals surface area contributed by atoms with E-state index >= 15 is 0 Å². The number of carbonyl (C=O) groups is 1. The largest absolute Gasteiger partial charge is 0.478 e. The van der Waals surface area contributed by atoms with Crippen molar-refractivity contribution in [3.63, 3.8) is 0 Å². The highest BCUT2D eigenvalue weighted by atomic mass is 16.5. The van der Waals surface area contributed by atoms with Gasteiger partial charge in [-0.3, -0.25) is 0 Å². The van der Waals surface area contributed by atoms with Crippen molar-refractivity contribution in [2.75, 3.05) is 13.2 Å². The Kier molecular flexibility index (Phi) is 4.50. The van der Waals surface area contributed by atoms with Crippen molar-refractivity contribution in [1.29, 1.82) is 0 Å². The van der Waals surface area contributed by atoms with Gasteiger partial charge in [-0.25, -0.2) is 9.48 Å². The number of carboxylic acid groups (broad SMARTS) is 1. The van der Waals surface area contributed by atoms with Crippen molar-refractivity contribution in [2.24, 2.45) is 0 Å². The highest BCUT2D eigenvalue weighted by molar-refractivity contribution is 5.91. The molecule has 2 heterocycles. The standard InChI is InChI=1S/C16H19N3O3/c20-16(21)14-3-1-2-4-15(14)19-11-12(10-18-19)9-17-13-5-7-22-8-6-13/h1-4,10-11,13,17H,5-9H2,(H,20,21). The zero-order valence-electron chi connectivity index (χ0n) is 12.2. The first-order chi connectivity index (χ1) is 10.7. The van der Waals surface area contributed by atoms with E-state index in [0.717, 1.165) is 38.2 Å². The van der Waals surface area contributed by atoms with Crippen LogP contribution in [0.25, 0.3) is 5.69 Å². The second-order valence-corrected chi connectivity index (χ2v) is 5.38. The Labute approximate surface area is 128 Å². The lowest BCUT2D eigenvalue weighted by atomic mass is 10.1. The summed E-state index contributed by atoms with van der Waals surface area (Å²) >= 11 is 0. The lowest BCUT2D eigenvalue weighted by Gasteiger charge is -2.22. The second-order valence-electron chi connectivity index (χ2n) is 5.38. The lowest BCUT2D eigenvalue weighted by molar-refractivity contribution is 0.0696. The Morgan fingerprint density at radius 2 is 2.14 bits per heavy atom. The van der Waals surface area contributed by atoms with Crippen molar-refractivity contribution in [3.8, 4) is 5.69 Å². The zero-order valence-corrected chi connectivity index (χ0v) is 12.2. The number of benzene rings is 1. The summed E-state index contributed by atoms with van der Waals surface area (Å²) in [6.07, 6.45) is 5.69. The first kappa shape index (κ1) is 14.7. The van der Waals surface area contributed by atoms with Crippen LogP contribution >= 0.6 is 0 Å². The summed E-state index contributed by atoms with van der Waals surface area (Å²) < 4.78 is 6.95. The van der Waals surface area contributed by atoms with E-state index in [1.165, 1.54) is 0 Å². The van der Waals surface area contributed by atoms with E-state index in [1.807, 2.05) is 12.3 Å². The summed E-state index contributed by atoms with van der Waals surface area (Å²) in [4.78, 5) is 11.3. The summed E-state index contributed by atoms with van der Waals surface area (Å²) in [5.41, 5.74) is 1.86. The minimum absolute atomic E-state index is 0.245. The number of para-hydroxylation sites is 1. The number of carboxylic acids is 1. The fourth-order valence-electron chi connectivity index (χ4n) is 2.60. The molecule has 0 spiro atoms. The average Bonchev–Trinajstić information content (AvgIpc) is 3.03. The van der Waals surface area contributed by atoms with Crippen LogP contribution in [0.1, 0.15) is 28.8 Å². The summed E-state index contributed by atoms with van der Waals surface area (Å²) in [5.74, 6) is -0.951. The second kappa shape index (κ2) is 6.72.